The molecule has 3 nitrogen and oxygen atoms in total. The fourth-order valence-corrected chi connectivity index (χ4v) is 2.89. The van der Waals surface area contributed by atoms with Gasteiger partial charge in [0.25, 0.3) is 0 Å². The van der Waals surface area contributed by atoms with Crippen LogP contribution in [0.4, 0.5) is 5.69 Å². The number of carbonyl (C=O) groups excluding carboxylic acids is 1. The van der Waals surface area contributed by atoms with E-state index >= 15 is 0 Å². The first-order chi connectivity index (χ1) is 8.77. The number of allylic oxidation sites excluding steroid dienone is 2. The van der Waals surface area contributed by atoms with Crippen molar-refractivity contribution in [3.8, 4) is 5.75 Å². The van der Waals surface area contributed by atoms with Crippen molar-refractivity contribution in [3.63, 3.8) is 0 Å². The Morgan fingerprint density at radius 2 is 2.06 bits per heavy atom. The number of hydrogen-bond acceptors (Lipinski definition) is 2. The van der Waals surface area contributed by atoms with E-state index in [0.29, 0.717) is 0 Å². The van der Waals surface area contributed by atoms with Crippen LogP contribution in [0, 0.1) is 5.92 Å². The van der Waals surface area contributed by atoms with Crippen LogP contribution in [0.15, 0.2) is 30.4 Å². The van der Waals surface area contributed by atoms with Crippen LogP contribution >= 0.6 is 0 Å². The summed E-state index contributed by atoms with van der Waals surface area (Å²) in [5.74, 6) is 0.449. The molecule has 1 heterocycles. The molecule has 18 heavy (non-hydrogen) atoms. The van der Waals surface area contributed by atoms with Gasteiger partial charge in [-0.15, -0.1) is 0 Å². The fraction of sp³-hybridized carbons (Fsp3) is 0.400. The van der Waals surface area contributed by atoms with Crippen LogP contribution in [0.3, 0.4) is 0 Å². The zero-order valence-electron chi connectivity index (χ0n) is 10.3. The molecule has 0 spiro atoms. The highest BCUT2D eigenvalue weighted by Gasteiger charge is 2.30. The van der Waals surface area contributed by atoms with Crippen LogP contribution in [-0.4, -0.2) is 17.6 Å². The summed E-state index contributed by atoms with van der Waals surface area (Å²) < 4.78 is 0. The van der Waals surface area contributed by atoms with Gasteiger partial charge in [0.05, 0.1) is 5.69 Å². The lowest BCUT2D eigenvalue weighted by molar-refractivity contribution is -0.122. The monoisotopic (exact) mass is 243 g/mol. The summed E-state index contributed by atoms with van der Waals surface area (Å²) in [5.41, 5.74) is 1.82. The molecule has 0 unspecified atom stereocenters. The van der Waals surface area contributed by atoms with Crippen molar-refractivity contribution >= 4 is 11.6 Å². The maximum atomic E-state index is 12.5. The lowest BCUT2D eigenvalue weighted by Gasteiger charge is -2.32. The molecule has 0 bridgehead atoms. The molecular weight excluding hydrogens is 226 g/mol. The lowest BCUT2D eigenvalue weighted by Crippen LogP contribution is -2.39. The molecule has 3 rings (SSSR count). The average molecular weight is 243 g/mol. The number of benzene rings is 1. The summed E-state index contributed by atoms with van der Waals surface area (Å²) in [6.07, 6.45) is 7.71. The number of phenols is 1. The summed E-state index contributed by atoms with van der Waals surface area (Å²) >= 11 is 0. The Bertz CT molecular complexity index is 499. The predicted molar refractivity (Wildman–Crippen MR) is 70.6 cm³/mol. The molecule has 3 heteroatoms. The van der Waals surface area contributed by atoms with Crippen LogP contribution < -0.4 is 4.90 Å². The Labute approximate surface area is 107 Å². The number of nitrogens with zero attached hydrogens (tertiary/aromatic N) is 1. The zero-order valence-corrected chi connectivity index (χ0v) is 10.3. The predicted octanol–water partition coefficient (Wildman–Crippen LogP) is 2.64. The smallest absolute Gasteiger partial charge is 0.230 e. The molecule has 1 amide bonds. The summed E-state index contributed by atoms with van der Waals surface area (Å²) in [6, 6.07) is 5.51. The summed E-state index contributed by atoms with van der Waals surface area (Å²) in [7, 11) is 0. The number of para-hydroxylation sites is 1. The van der Waals surface area contributed by atoms with Gasteiger partial charge in [0, 0.05) is 12.5 Å². The van der Waals surface area contributed by atoms with Crippen molar-refractivity contribution in [2.45, 2.75) is 25.7 Å². The SMILES string of the molecule is O=C(C1CC=CC1)N1CCCc2cccc(O)c21. The van der Waals surface area contributed by atoms with Crippen molar-refractivity contribution in [3.05, 3.63) is 35.9 Å². The van der Waals surface area contributed by atoms with Crippen molar-refractivity contribution in [2.75, 3.05) is 11.4 Å². The number of fused-ring (bicyclic) bond motifs is 1. The Morgan fingerprint density at radius 3 is 2.83 bits per heavy atom. The van der Waals surface area contributed by atoms with Gasteiger partial charge in [-0.2, -0.15) is 0 Å². The first kappa shape index (κ1) is 11.3. The third-order valence-electron chi connectivity index (χ3n) is 3.82. The van der Waals surface area contributed by atoms with Gasteiger partial charge in [-0.3, -0.25) is 4.79 Å². The number of rotatable bonds is 1. The zero-order chi connectivity index (χ0) is 12.5. The second-order valence-corrected chi connectivity index (χ2v) is 5.02. The number of aryl methyl sites for hydroxylation is 1. The van der Waals surface area contributed by atoms with Gasteiger partial charge in [0.2, 0.25) is 5.91 Å². The fourth-order valence-electron chi connectivity index (χ4n) is 2.89. The first-order valence-electron chi connectivity index (χ1n) is 6.54. The number of hydrogen-bond donors (Lipinski definition) is 1. The number of carbonyl (C=O) groups is 1. The number of phenolic OH excluding ortho intramolecular Hbond substituents is 1. The molecule has 1 aliphatic heterocycles. The Balaban J connectivity index is 1.93. The van der Waals surface area contributed by atoms with E-state index in [4.69, 9.17) is 0 Å². The van der Waals surface area contributed by atoms with E-state index in [1.807, 2.05) is 12.1 Å². The summed E-state index contributed by atoms with van der Waals surface area (Å²) in [4.78, 5) is 14.3. The van der Waals surface area contributed by atoms with Gasteiger partial charge in [0.1, 0.15) is 5.75 Å². The molecule has 0 saturated heterocycles. The normalized spacial score (nSPS) is 19.0. The molecule has 1 aromatic rings. The highest BCUT2D eigenvalue weighted by atomic mass is 16.3. The lowest BCUT2D eigenvalue weighted by atomic mass is 9.98. The van der Waals surface area contributed by atoms with Gasteiger partial charge in [-0.25, -0.2) is 0 Å². The highest BCUT2D eigenvalue weighted by Crippen LogP contribution is 2.37. The summed E-state index contributed by atoms with van der Waals surface area (Å²) in [5, 5.41) is 10.0. The van der Waals surface area contributed by atoms with Crippen LogP contribution in [0.5, 0.6) is 5.75 Å². The molecule has 0 atom stereocenters. The molecule has 0 aromatic heterocycles. The molecule has 1 aromatic carbocycles. The third kappa shape index (κ3) is 1.80. The Morgan fingerprint density at radius 1 is 1.28 bits per heavy atom. The van der Waals surface area contributed by atoms with Gasteiger partial charge in [-0.1, -0.05) is 24.3 Å². The van der Waals surface area contributed by atoms with Crippen molar-refractivity contribution in [1.82, 2.24) is 0 Å². The number of amides is 1. The van der Waals surface area contributed by atoms with E-state index in [2.05, 4.69) is 12.2 Å². The van der Waals surface area contributed by atoms with E-state index < -0.39 is 0 Å². The van der Waals surface area contributed by atoms with E-state index in [1.165, 1.54) is 0 Å². The van der Waals surface area contributed by atoms with E-state index in [9.17, 15) is 9.90 Å². The largest absolute Gasteiger partial charge is 0.506 e. The molecule has 1 aliphatic carbocycles. The molecule has 1 N–H and O–H groups in total. The molecule has 0 radical (unpaired) electrons. The van der Waals surface area contributed by atoms with E-state index in [-0.39, 0.29) is 17.6 Å². The molecule has 0 fully saturated rings. The van der Waals surface area contributed by atoms with Crippen LogP contribution in [0.1, 0.15) is 24.8 Å². The third-order valence-corrected chi connectivity index (χ3v) is 3.82. The second-order valence-electron chi connectivity index (χ2n) is 5.02. The van der Waals surface area contributed by atoms with Crippen LogP contribution in [-0.2, 0) is 11.2 Å². The highest BCUT2D eigenvalue weighted by molar-refractivity contribution is 5.98. The minimum Gasteiger partial charge on any atom is -0.506 e. The van der Waals surface area contributed by atoms with Gasteiger partial charge >= 0.3 is 0 Å². The molecule has 2 aliphatic rings. The maximum Gasteiger partial charge on any atom is 0.230 e. The van der Waals surface area contributed by atoms with E-state index in [1.54, 1.807) is 11.0 Å². The first-order valence-corrected chi connectivity index (χ1v) is 6.54. The quantitative estimate of drug-likeness (QED) is 0.770. The van der Waals surface area contributed by atoms with Gasteiger partial charge in [0.15, 0.2) is 0 Å². The van der Waals surface area contributed by atoms with Crippen molar-refractivity contribution in [1.29, 1.82) is 0 Å². The summed E-state index contributed by atoms with van der Waals surface area (Å²) in [6.45, 7) is 0.722. The average Bonchev–Trinajstić information content (AvgIpc) is 2.91. The second kappa shape index (κ2) is 4.48. The number of anilines is 1. The van der Waals surface area contributed by atoms with Gasteiger partial charge in [-0.05, 0) is 37.3 Å². The van der Waals surface area contributed by atoms with Crippen molar-refractivity contribution < 1.29 is 9.90 Å². The van der Waals surface area contributed by atoms with Crippen LogP contribution in [0.25, 0.3) is 0 Å². The number of aromatic hydroxyl groups is 1. The minimum absolute atomic E-state index is 0.0653. The maximum absolute atomic E-state index is 12.5. The topological polar surface area (TPSA) is 40.5 Å². The molecule has 94 valence electrons. The minimum atomic E-state index is 0.0653. The standard InChI is InChI=1S/C15H17NO2/c17-13-9-3-7-11-8-4-10-16(14(11)13)15(18)12-5-1-2-6-12/h1-3,7,9,12,17H,4-6,8,10H2. The van der Waals surface area contributed by atoms with Gasteiger partial charge < -0.3 is 10.0 Å². The van der Waals surface area contributed by atoms with Crippen LogP contribution in [0.2, 0.25) is 0 Å². The van der Waals surface area contributed by atoms with Crippen molar-refractivity contribution in [2.24, 2.45) is 5.92 Å². The Kier molecular flexibility index (Phi) is 2.82. The van der Waals surface area contributed by atoms with E-state index in [0.717, 1.165) is 43.5 Å². The molecular formula is C15H17NO2. The Hall–Kier alpha value is -1.77. The molecule has 0 saturated carbocycles.